The van der Waals surface area contributed by atoms with E-state index in [0.29, 0.717) is 17.0 Å². The Labute approximate surface area is 168 Å². The van der Waals surface area contributed by atoms with Crippen molar-refractivity contribution in [2.45, 2.75) is 37.3 Å². The molecule has 2 bridgehead atoms. The maximum absolute atomic E-state index is 14.0. The van der Waals surface area contributed by atoms with Gasteiger partial charge < -0.3 is 10.1 Å². The van der Waals surface area contributed by atoms with Crippen LogP contribution in [0.3, 0.4) is 0 Å². The lowest BCUT2D eigenvalue weighted by Crippen LogP contribution is -2.53. The molecule has 1 N–H and O–H groups in total. The van der Waals surface area contributed by atoms with Crippen LogP contribution in [0, 0.1) is 17.6 Å². The first-order valence-corrected chi connectivity index (χ1v) is 10.3. The Bertz CT molecular complexity index is 919. The molecule has 0 spiro atoms. The van der Waals surface area contributed by atoms with Gasteiger partial charge in [-0.25, -0.2) is 13.6 Å². The van der Waals surface area contributed by atoms with Gasteiger partial charge >= 0.3 is 6.09 Å². The van der Waals surface area contributed by atoms with Gasteiger partial charge in [-0.1, -0.05) is 24.3 Å². The van der Waals surface area contributed by atoms with Crippen LogP contribution in [-0.2, 0) is 10.3 Å². The molecule has 0 aromatic heterocycles. The molecule has 1 aliphatic carbocycles. The number of hydrogen-bond donors (Lipinski definition) is 1. The van der Waals surface area contributed by atoms with E-state index in [-0.39, 0.29) is 12.2 Å². The molecule has 4 fully saturated rings. The van der Waals surface area contributed by atoms with Crippen molar-refractivity contribution in [1.29, 1.82) is 0 Å². The van der Waals surface area contributed by atoms with Crippen LogP contribution in [0.15, 0.2) is 42.5 Å². The van der Waals surface area contributed by atoms with Gasteiger partial charge in [-0.2, -0.15) is 0 Å². The fourth-order valence-corrected chi connectivity index (χ4v) is 4.71. The van der Waals surface area contributed by atoms with Crippen LogP contribution in [0.2, 0.25) is 0 Å². The highest BCUT2D eigenvalue weighted by molar-refractivity contribution is 5.70. The van der Waals surface area contributed by atoms with Crippen molar-refractivity contribution < 1.29 is 18.3 Å². The van der Waals surface area contributed by atoms with Gasteiger partial charge in [0, 0.05) is 18.2 Å². The molecule has 1 atom stereocenters. The highest BCUT2D eigenvalue weighted by Gasteiger charge is 2.47. The number of amides is 1. The average Bonchev–Trinajstić information content (AvgIpc) is 3.49. The average molecular weight is 398 g/mol. The Balaban J connectivity index is 1.26. The fourth-order valence-electron chi connectivity index (χ4n) is 4.71. The molecule has 4 nitrogen and oxygen atoms in total. The summed E-state index contributed by atoms with van der Waals surface area (Å²) in [4.78, 5) is 14.9. The topological polar surface area (TPSA) is 41.6 Å². The maximum Gasteiger partial charge on any atom is 0.408 e. The van der Waals surface area contributed by atoms with E-state index in [1.54, 1.807) is 0 Å². The third-order valence-corrected chi connectivity index (χ3v) is 6.63. The molecule has 1 saturated carbocycles. The van der Waals surface area contributed by atoms with E-state index in [2.05, 4.69) is 10.2 Å². The maximum atomic E-state index is 14.0. The van der Waals surface area contributed by atoms with Crippen molar-refractivity contribution in [1.82, 2.24) is 10.2 Å². The van der Waals surface area contributed by atoms with E-state index in [1.165, 1.54) is 12.1 Å². The largest absolute Gasteiger partial charge is 0.445 e. The summed E-state index contributed by atoms with van der Waals surface area (Å²) in [6.45, 7) is 3.05. The molecule has 2 aromatic rings. The molecule has 1 amide bonds. The molecular formula is C23H24F2N2O2. The van der Waals surface area contributed by atoms with Crippen LogP contribution in [-0.4, -0.2) is 36.7 Å². The predicted molar refractivity (Wildman–Crippen MR) is 105 cm³/mol. The number of benzene rings is 2. The molecule has 3 saturated heterocycles. The number of fused-ring (bicyclic) bond motifs is 3. The zero-order valence-electron chi connectivity index (χ0n) is 16.2. The zero-order valence-corrected chi connectivity index (χ0v) is 16.2. The SMILES string of the molecule is O=C(NC1(c2ccc(-c3ccc(F)cc3F)cc2)CC1)O[C@H]1CN2CCC1CC2. The smallest absolute Gasteiger partial charge is 0.408 e. The van der Waals surface area contributed by atoms with Gasteiger partial charge in [0.25, 0.3) is 0 Å². The number of carbonyl (C=O) groups is 1. The van der Waals surface area contributed by atoms with E-state index >= 15 is 0 Å². The summed E-state index contributed by atoms with van der Waals surface area (Å²) in [5.74, 6) is -0.700. The minimum Gasteiger partial charge on any atom is -0.445 e. The third-order valence-electron chi connectivity index (χ3n) is 6.63. The summed E-state index contributed by atoms with van der Waals surface area (Å²) in [6, 6.07) is 11.0. The number of hydrogen-bond acceptors (Lipinski definition) is 3. The minimum atomic E-state index is -0.592. The molecule has 4 aliphatic rings. The summed E-state index contributed by atoms with van der Waals surface area (Å²) in [6.07, 6.45) is 3.54. The highest BCUT2D eigenvalue weighted by Crippen LogP contribution is 2.46. The molecule has 3 heterocycles. The number of rotatable bonds is 4. The van der Waals surface area contributed by atoms with Crippen molar-refractivity contribution in [3.05, 3.63) is 59.7 Å². The van der Waals surface area contributed by atoms with Crippen molar-refractivity contribution in [2.75, 3.05) is 19.6 Å². The van der Waals surface area contributed by atoms with Crippen molar-refractivity contribution in [3.63, 3.8) is 0 Å². The van der Waals surface area contributed by atoms with Crippen LogP contribution in [0.25, 0.3) is 11.1 Å². The van der Waals surface area contributed by atoms with Crippen molar-refractivity contribution in [3.8, 4) is 11.1 Å². The third kappa shape index (κ3) is 3.62. The number of carbonyl (C=O) groups excluding carboxylic acids is 1. The first-order chi connectivity index (χ1) is 14.0. The van der Waals surface area contributed by atoms with Crippen molar-refractivity contribution >= 4 is 6.09 Å². The monoisotopic (exact) mass is 398 g/mol. The number of piperidine rings is 3. The number of ether oxygens (including phenoxy) is 1. The number of nitrogens with zero attached hydrogens (tertiary/aromatic N) is 1. The van der Waals surface area contributed by atoms with Gasteiger partial charge in [-0.05, 0) is 68.0 Å². The minimum absolute atomic E-state index is 0.0165. The summed E-state index contributed by atoms with van der Waals surface area (Å²) in [5, 5.41) is 3.07. The Kier molecular flexibility index (Phi) is 4.54. The lowest BCUT2D eigenvalue weighted by molar-refractivity contribution is -0.0342. The van der Waals surface area contributed by atoms with Crippen LogP contribution in [0.4, 0.5) is 13.6 Å². The molecule has 0 radical (unpaired) electrons. The summed E-state index contributed by atoms with van der Waals surface area (Å²) >= 11 is 0. The van der Waals surface area contributed by atoms with Crippen LogP contribution < -0.4 is 5.32 Å². The summed E-state index contributed by atoms with van der Waals surface area (Å²) in [7, 11) is 0. The van der Waals surface area contributed by atoms with Crippen LogP contribution >= 0.6 is 0 Å². The Morgan fingerprint density at radius 3 is 2.38 bits per heavy atom. The molecule has 6 heteroatoms. The van der Waals surface area contributed by atoms with Gasteiger partial charge in [0.15, 0.2) is 0 Å². The normalized spacial score (nSPS) is 26.8. The van der Waals surface area contributed by atoms with Crippen molar-refractivity contribution in [2.24, 2.45) is 5.92 Å². The number of nitrogens with one attached hydrogen (secondary N) is 1. The van der Waals surface area contributed by atoms with Crippen LogP contribution in [0.1, 0.15) is 31.2 Å². The molecular weight excluding hydrogens is 374 g/mol. The van der Waals surface area contributed by atoms with Gasteiger partial charge in [-0.3, -0.25) is 4.90 Å². The lowest BCUT2D eigenvalue weighted by Gasteiger charge is -2.44. The first-order valence-electron chi connectivity index (χ1n) is 10.3. The molecule has 152 valence electrons. The quantitative estimate of drug-likeness (QED) is 0.828. The first kappa shape index (κ1) is 18.6. The predicted octanol–water partition coefficient (Wildman–Crippen LogP) is 4.44. The standard InChI is InChI=1S/C23H24F2N2O2/c24-18-5-6-19(20(25)13-18)15-1-3-17(4-2-15)23(9-10-23)26-22(28)29-21-14-27-11-7-16(21)8-12-27/h1-6,13,16,21H,7-12,14H2,(H,26,28)/t21-/m0/s1. The Morgan fingerprint density at radius 1 is 1.07 bits per heavy atom. The molecule has 2 aromatic carbocycles. The van der Waals surface area contributed by atoms with Gasteiger partial charge in [-0.15, -0.1) is 0 Å². The summed E-state index contributed by atoms with van der Waals surface area (Å²) < 4.78 is 32.9. The molecule has 29 heavy (non-hydrogen) atoms. The van der Waals surface area contributed by atoms with Gasteiger partial charge in [0.05, 0.1) is 5.54 Å². The second kappa shape index (κ2) is 7.10. The molecule has 6 rings (SSSR count). The van der Waals surface area contributed by atoms with E-state index in [0.717, 1.165) is 56.9 Å². The van der Waals surface area contributed by atoms with E-state index in [4.69, 9.17) is 4.74 Å². The zero-order chi connectivity index (χ0) is 20.0. The second-order valence-electron chi connectivity index (χ2n) is 8.49. The van der Waals surface area contributed by atoms with Gasteiger partial charge in [0.2, 0.25) is 0 Å². The number of halogens is 2. The lowest BCUT2D eigenvalue weighted by atomic mass is 9.86. The van der Waals surface area contributed by atoms with E-state index in [9.17, 15) is 13.6 Å². The Hall–Kier alpha value is -2.47. The Morgan fingerprint density at radius 2 is 1.79 bits per heavy atom. The number of alkyl carbamates (subject to hydrolysis) is 1. The van der Waals surface area contributed by atoms with E-state index < -0.39 is 17.2 Å². The second-order valence-corrected chi connectivity index (χ2v) is 8.49. The van der Waals surface area contributed by atoms with Gasteiger partial charge in [0.1, 0.15) is 17.7 Å². The highest BCUT2D eigenvalue weighted by atomic mass is 19.1. The fraction of sp³-hybridized carbons (Fsp3) is 0.435. The summed E-state index contributed by atoms with van der Waals surface area (Å²) in [5.41, 5.74) is 1.62. The molecule has 3 aliphatic heterocycles. The van der Waals surface area contributed by atoms with E-state index in [1.807, 2.05) is 24.3 Å². The van der Waals surface area contributed by atoms with Crippen LogP contribution in [0.5, 0.6) is 0 Å². The molecule has 0 unspecified atom stereocenters.